The van der Waals surface area contributed by atoms with Crippen molar-refractivity contribution in [2.45, 2.75) is 30.4 Å². The van der Waals surface area contributed by atoms with Crippen molar-refractivity contribution in [2.75, 3.05) is 14.2 Å². The average molecular weight is 493 g/mol. The van der Waals surface area contributed by atoms with Crippen LogP contribution >= 0.6 is 0 Å². The number of methoxy groups -OCH3 is 2. The van der Waals surface area contributed by atoms with Crippen molar-refractivity contribution in [3.63, 3.8) is 0 Å². The minimum absolute atomic E-state index is 0.0171. The van der Waals surface area contributed by atoms with Gasteiger partial charge in [0.2, 0.25) is 10.0 Å². The number of esters is 1. The standard InChI is InChI=1S/C25H24N4O5S/c1-33-19-10-8-17(9-11-19)14-28-16-27-20-13-21(25(30)34-2)29(15-22(20)28)35(31,32)23-7-3-5-18-6-4-12-26-24(18)23/h3-12,16,21H,13-15H2,1-2H3. The van der Waals surface area contributed by atoms with Gasteiger partial charge in [0, 0.05) is 24.5 Å². The number of rotatable bonds is 6. The van der Waals surface area contributed by atoms with E-state index in [9.17, 15) is 13.2 Å². The minimum Gasteiger partial charge on any atom is -0.497 e. The topological polar surface area (TPSA) is 104 Å². The van der Waals surface area contributed by atoms with Crippen molar-refractivity contribution in [3.05, 3.63) is 84.1 Å². The Morgan fingerprint density at radius 1 is 1.06 bits per heavy atom. The van der Waals surface area contributed by atoms with Crippen LogP contribution in [0.25, 0.3) is 10.9 Å². The zero-order chi connectivity index (χ0) is 24.6. The molecule has 10 heteroatoms. The van der Waals surface area contributed by atoms with E-state index in [1.165, 1.54) is 17.5 Å². The molecule has 0 radical (unpaired) electrons. The fraction of sp³-hybridized carbons (Fsp3) is 0.240. The maximum absolute atomic E-state index is 13.9. The Morgan fingerprint density at radius 2 is 1.83 bits per heavy atom. The van der Waals surface area contributed by atoms with Crippen molar-refractivity contribution in [1.29, 1.82) is 0 Å². The molecule has 0 amide bonds. The number of hydrogen-bond acceptors (Lipinski definition) is 7. The van der Waals surface area contributed by atoms with Crippen molar-refractivity contribution in [3.8, 4) is 5.75 Å². The fourth-order valence-corrected chi connectivity index (χ4v) is 6.11. The fourth-order valence-electron chi connectivity index (χ4n) is 4.41. The van der Waals surface area contributed by atoms with E-state index in [1.807, 2.05) is 28.8 Å². The van der Waals surface area contributed by atoms with Gasteiger partial charge < -0.3 is 14.0 Å². The van der Waals surface area contributed by atoms with Crippen LogP contribution in [-0.2, 0) is 39.1 Å². The summed E-state index contributed by atoms with van der Waals surface area (Å²) in [5.41, 5.74) is 2.78. The van der Waals surface area contributed by atoms with Crippen molar-refractivity contribution in [1.82, 2.24) is 18.8 Å². The van der Waals surface area contributed by atoms with Gasteiger partial charge in [0.25, 0.3) is 0 Å². The van der Waals surface area contributed by atoms with Crippen LogP contribution in [0, 0.1) is 0 Å². The summed E-state index contributed by atoms with van der Waals surface area (Å²) in [5, 5.41) is 0.699. The Morgan fingerprint density at radius 3 is 2.57 bits per heavy atom. The number of ether oxygens (including phenoxy) is 2. The van der Waals surface area contributed by atoms with Gasteiger partial charge in [0.1, 0.15) is 16.7 Å². The molecule has 2 aromatic carbocycles. The molecule has 9 nitrogen and oxygen atoms in total. The zero-order valence-electron chi connectivity index (χ0n) is 19.3. The summed E-state index contributed by atoms with van der Waals surface area (Å²) in [6, 6.07) is 15.2. The van der Waals surface area contributed by atoms with E-state index in [2.05, 4.69) is 9.97 Å². The van der Waals surface area contributed by atoms with Crippen LogP contribution in [0.15, 0.2) is 72.0 Å². The molecule has 1 atom stereocenters. The van der Waals surface area contributed by atoms with Gasteiger partial charge in [-0.1, -0.05) is 30.3 Å². The highest BCUT2D eigenvalue weighted by Gasteiger charge is 2.42. The largest absolute Gasteiger partial charge is 0.497 e. The molecule has 0 saturated heterocycles. The van der Waals surface area contributed by atoms with Crippen LogP contribution in [0.3, 0.4) is 0 Å². The van der Waals surface area contributed by atoms with Crippen LogP contribution < -0.4 is 4.74 Å². The normalized spacial score (nSPS) is 16.1. The van der Waals surface area contributed by atoms with Gasteiger partial charge in [-0.05, 0) is 29.8 Å². The monoisotopic (exact) mass is 492 g/mol. The van der Waals surface area contributed by atoms with Crippen LogP contribution in [-0.4, -0.2) is 53.5 Å². The Bertz CT molecular complexity index is 1490. The number of nitrogens with zero attached hydrogens (tertiary/aromatic N) is 4. The van der Waals surface area contributed by atoms with Crippen LogP contribution in [0.1, 0.15) is 17.0 Å². The summed E-state index contributed by atoms with van der Waals surface area (Å²) in [4.78, 5) is 21.5. The van der Waals surface area contributed by atoms with E-state index >= 15 is 0 Å². The molecule has 1 aliphatic heterocycles. The quantitative estimate of drug-likeness (QED) is 0.381. The van der Waals surface area contributed by atoms with Crippen LogP contribution in [0.4, 0.5) is 0 Å². The van der Waals surface area contributed by atoms with Crippen LogP contribution in [0.2, 0.25) is 0 Å². The van der Waals surface area contributed by atoms with Crippen LogP contribution in [0.5, 0.6) is 5.75 Å². The van der Waals surface area contributed by atoms with E-state index in [0.29, 0.717) is 23.1 Å². The van der Waals surface area contributed by atoms with Crippen molar-refractivity contribution >= 4 is 26.9 Å². The second kappa shape index (κ2) is 9.12. The minimum atomic E-state index is -4.10. The number of imidazole rings is 1. The molecule has 1 unspecified atom stereocenters. The molecule has 0 saturated carbocycles. The van der Waals surface area contributed by atoms with E-state index in [1.54, 1.807) is 43.9 Å². The Labute approximate surface area is 203 Å². The van der Waals surface area contributed by atoms with Gasteiger partial charge in [0.05, 0.1) is 44.0 Å². The second-order valence-electron chi connectivity index (χ2n) is 8.24. The molecule has 3 heterocycles. The first-order chi connectivity index (χ1) is 16.9. The Kier molecular flexibility index (Phi) is 6.00. The molecule has 0 aliphatic carbocycles. The summed E-state index contributed by atoms with van der Waals surface area (Å²) in [6.07, 6.45) is 3.35. The molecule has 0 bridgehead atoms. The zero-order valence-corrected chi connectivity index (χ0v) is 20.1. The lowest BCUT2D eigenvalue weighted by atomic mass is 10.1. The van der Waals surface area contributed by atoms with E-state index in [4.69, 9.17) is 9.47 Å². The SMILES string of the molecule is COC(=O)C1Cc2ncn(Cc3ccc(OC)cc3)c2CN1S(=O)(=O)c1cccc2cccnc12. The number of pyridine rings is 1. The van der Waals surface area contributed by atoms with E-state index in [0.717, 1.165) is 17.0 Å². The van der Waals surface area contributed by atoms with Gasteiger partial charge in [-0.3, -0.25) is 9.78 Å². The number of aromatic nitrogens is 3. The van der Waals surface area contributed by atoms with Gasteiger partial charge in [-0.15, -0.1) is 0 Å². The van der Waals surface area contributed by atoms with Gasteiger partial charge >= 0.3 is 5.97 Å². The predicted molar refractivity (Wildman–Crippen MR) is 128 cm³/mol. The Balaban J connectivity index is 1.55. The van der Waals surface area contributed by atoms with E-state index in [-0.39, 0.29) is 17.9 Å². The molecule has 1 aliphatic rings. The number of benzene rings is 2. The highest BCUT2D eigenvalue weighted by molar-refractivity contribution is 7.89. The molecule has 4 aromatic rings. The first kappa shape index (κ1) is 23.0. The number of sulfonamides is 1. The number of carbonyl (C=O) groups is 1. The smallest absolute Gasteiger partial charge is 0.324 e. The summed E-state index contributed by atoms with van der Waals surface area (Å²) in [7, 11) is -1.23. The second-order valence-corrected chi connectivity index (χ2v) is 10.1. The molecular formula is C25H24N4O5S. The van der Waals surface area contributed by atoms with Crippen molar-refractivity contribution < 1.29 is 22.7 Å². The highest BCUT2D eigenvalue weighted by atomic mass is 32.2. The van der Waals surface area contributed by atoms with Gasteiger partial charge in [0.15, 0.2) is 0 Å². The number of carbonyl (C=O) groups excluding carboxylic acids is 1. The molecule has 180 valence electrons. The summed E-state index contributed by atoms with van der Waals surface area (Å²) in [5.74, 6) is 0.125. The molecule has 0 spiro atoms. The maximum Gasteiger partial charge on any atom is 0.324 e. The third-order valence-electron chi connectivity index (χ3n) is 6.24. The number of hydrogen-bond donors (Lipinski definition) is 0. The molecule has 35 heavy (non-hydrogen) atoms. The third kappa shape index (κ3) is 4.15. The lowest BCUT2D eigenvalue weighted by Gasteiger charge is -2.33. The lowest BCUT2D eigenvalue weighted by molar-refractivity contribution is -0.145. The highest BCUT2D eigenvalue weighted by Crippen LogP contribution is 2.32. The summed E-state index contributed by atoms with van der Waals surface area (Å²) < 4.78 is 41.2. The first-order valence-corrected chi connectivity index (χ1v) is 12.5. The number of para-hydroxylation sites is 1. The molecule has 2 aromatic heterocycles. The predicted octanol–water partition coefficient (Wildman–Crippen LogP) is 2.78. The molecule has 5 rings (SSSR count). The summed E-state index contributed by atoms with van der Waals surface area (Å²) in [6.45, 7) is 0.482. The van der Waals surface area contributed by atoms with E-state index < -0.39 is 22.0 Å². The maximum atomic E-state index is 13.9. The number of fused-ring (bicyclic) bond motifs is 2. The van der Waals surface area contributed by atoms with Crippen molar-refractivity contribution in [2.24, 2.45) is 0 Å². The average Bonchev–Trinajstić information content (AvgIpc) is 3.29. The lowest BCUT2D eigenvalue weighted by Crippen LogP contribution is -2.49. The molecule has 0 N–H and O–H groups in total. The Hall–Kier alpha value is -3.76. The van der Waals surface area contributed by atoms with Gasteiger partial charge in [-0.2, -0.15) is 4.31 Å². The molecule has 0 fully saturated rings. The van der Waals surface area contributed by atoms with Gasteiger partial charge in [-0.25, -0.2) is 13.4 Å². The first-order valence-electron chi connectivity index (χ1n) is 11.0. The third-order valence-corrected chi connectivity index (χ3v) is 8.13. The molecular weight excluding hydrogens is 468 g/mol. The summed E-state index contributed by atoms with van der Waals surface area (Å²) >= 11 is 0.